The van der Waals surface area contributed by atoms with Crippen LogP contribution in [0.25, 0.3) is 10.8 Å². The first-order valence-corrected chi connectivity index (χ1v) is 8.00. The van der Waals surface area contributed by atoms with Gasteiger partial charge in [0.05, 0.1) is 12.6 Å². The molecule has 2 atom stereocenters. The summed E-state index contributed by atoms with van der Waals surface area (Å²) >= 11 is 3.45. The van der Waals surface area contributed by atoms with Gasteiger partial charge in [0, 0.05) is 16.6 Å². The van der Waals surface area contributed by atoms with E-state index in [1.807, 2.05) is 41.3 Å². The number of aliphatic hydroxyl groups excluding tert-OH is 1. The zero-order valence-electron chi connectivity index (χ0n) is 11.9. The van der Waals surface area contributed by atoms with Crippen molar-refractivity contribution in [2.24, 2.45) is 5.92 Å². The summed E-state index contributed by atoms with van der Waals surface area (Å²) in [6, 6.07) is 11.7. The van der Waals surface area contributed by atoms with Crippen LogP contribution in [0.15, 0.2) is 40.9 Å². The molecule has 4 heteroatoms. The number of nitrogens with zero attached hydrogens (tertiary/aromatic N) is 1. The number of benzene rings is 2. The highest BCUT2D eigenvalue weighted by Crippen LogP contribution is 2.27. The Morgan fingerprint density at radius 1 is 1.29 bits per heavy atom. The highest BCUT2D eigenvalue weighted by molar-refractivity contribution is 9.10. The number of aliphatic hydroxyl groups is 1. The predicted octanol–water partition coefficient (Wildman–Crippen LogP) is 3.45. The molecule has 2 aromatic rings. The zero-order valence-corrected chi connectivity index (χ0v) is 13.5. The molecule has 1 aliphatic heterocycles. The molecule has 0 spiro atoms. The quantitative estimate of drug-likeness (QED) is 0.903. The molecule has 0 saturated carbocycles. The Morgan fingerprint density at radius 2 is 2.00 bits per heavy atom. The van der Waals surface area contributed by atoms with Crippen LogP contribution in [-0.4, -0.2) is 35.1 Å². The molecule has 0 radical (unpaired) electrons. The number of hydrogen-bond donors (Lipinski definition) is 1. The van der Waals surface area contributed by atoms with Crippen LogP contribution in [0.3, 0.4) is 0 Å². The molecule has 3 rings (SSSR count). The SMILES string of the molecule is CC1CCN(C(=O)c2ccc3cc(Br)ccc3c2)C1CO. The Balaban J connectivity index is 1.93. The molecular weight excluding hydrogens is 330 g/mol. The number of carbonyl (C=O) groups is 1. The summed E-state index contributed by atoms with van der Waals surface area (Å²) in [6.45, 7) is 2.85. The van der Waals surface area contributed by atoms with E-state index in [-0.39, 0.29) is 18.6 Å². The summed E-state index contributed by atoms with van der Waals surface area (Å²) in [5.41, 5.74) is 0.692. The fraction of sp³-hybridized carbons (Fsp3) is 0.353. The van der Waals surface area contributed by atoms with E-state index in [0.717, 1.165) is 28.2 Å². The third kappa shape index (κ3) is 2.70. The lowest BCUT2D eigenvalue weighted by molar-refractivity contribution is 0.0648. The molecule has 1 heterocycles. The van der Waals surface area contributed by atoms with Gasteiger partial charge in [-0.15, -0.1) is 0 Å². The number of hydrogen-bond acceptors (Lipinski definition) is 2. The lowest BCUT2D eigenvalue weighted by Crippen LogP contribution is -2.39. The molecule has 110 valence electrons. The van der Waals surface area contributed by atoms with Gasteiger partial charge in [0.2, 0.25) is 0 Å². The second-order valence-electron chi connectivity index (χ2n) is 5.72. The van der Waals surface area contributed by atoms with Crippen molar-refractivity contribution in [3.63, 3.8) is 0 Å². The van der Waals surface area contributed by atoms with Crippen LogP contribution < -0.4 is 0 Å². The first-order valence-electron chi connectivity index (χ1n) is 7.21. The van der Waals surface area contributed by atoms with Crippen molar-refractivity contribution in [1.82, 2.24) is 4.90 Å². The highest BCUT2D eigenvalue weighted by atomic mass is 79.9. The Kier molecular flexibility index (Phi) is 4.00. The Bertz CT molecular complexity index is 686. The highest BCUT2D eigenvalue weighted by Gasteiger charge is 2.34. The van der Waals surface area contributed by atoms with Gasteiger partial charge in [0.25, 0.3) is 5.91 Å². The maximum absolute atomic E-state index is 12.7. The van der Waals surface area contributed by atoms with Crippen molar-refractivity contribution in [2.75, 3.05) is 13.2 Å². The molecule has 2 aromatic carbocycles. The predicted molar refractivity (Wildman–Crippen MR) is 87.3 cm³/mol. The van der Waals surface area contributed by atoms with Crippen molar-refractivity contribution in [3.05, 3.63) is 46.4 Å². The lowest BCUT2D eigenvalue weighted by Gasteiger charge is -2.25. The van der Waals surface area contributed by atoms with Crippen LogP contribution in [0.4, 0.5) is 0 Å². The van der Waals surface area contributed by atoms with E-state index in [2.05, 4.69) is 22.9 Å². The molecule has 1 N–H and O–H groups in total. The summed E-state index contributed by atoms with van der Waals surface area (Å²) in [5.74, 6) is 0.374. The van der Waals surface area contributed by atoms with E-state index < -0.39 is 0 Å². The average molecular weight is 348 g/mol. The standard InChI is InChI=1S/C17H18BrNO2/c1-11-6-7-19(16(11)10-20)17(21)14-3-2-13-9-15(18)5-4-12(13)8-14/h2-5,8-9,11,16,20H,6-7,10H2,1H3. The van der Waals surface area contributed by atoms with E-state index >= 15 is 0 Å². The Labute approximate surface area is 132 Å². The summed E-state index contributed by atoms with van der Waals surface area (Å²) in [5, 5.41) is 11.7. The normalized spacial score (nSPS) is 22.0. The zero-order chi connectivity index (χ0) is 15.0. The van der Waals surface area contributed by atoms with E-state index in [1.165, 1.54) is 0 Å². The van der Waals surface area contributed by atoms with Crippen molar-refractivity contribution in [1.29, 1.82) is 0 Å². The molecule has 0 aliphatic carbocycles. The number of rotatable bonds is 2. The number of likely N-dealkylation sites (tertiary alicyclic amines) is 1. The fourth-order valence-corrected chi connectivity index (χ4v) is 3.43. The van der Waals surface area contributed by atoms with Crippen molar-refractivity contribution in [2.45, 2.75) is 19.4 Å². The van der Waals surface area contributed by atoms with Crippen molar-refractivity contribution in [3.8, 4) is 0 Å². The van der Waals surface area contributed by atoms with Crippen molar-refractivity contribution < 1.29 is 9.90 Å². The summed E-state index contributed by atoms with van der Waals surface area (Å²) < 4.78 is 1.03. The van der Waals surface area contributed by atoms with Gasteiger partial charge in [-0.3, -0.25) is 4.79 Å². The molecule has 2 unspecified atom stereocenters. The molecule has 1 saturated heterocycles. The van der Waals surface area contributed by atoms with Crippen molar-refractivity contribution >= 4 is 32.6 Å². The topological polar surface area (TPSA) is 40.5 Å². The van der Waals surface area contributed by atoms with E-state index in [4.69, 9.17) is 0 Å². The van der Waals surface area contributed by atoms with Crippen LogP contribution >= 0.6 is 15.9 Å². The minimum atomic E-state index is -0.0573. The molecule has 1 fully saturated rings. The van der Waals surface area contributed by atoms with Gasteiger partial charge in [0.15, 0.2) is 0 Å². The van der Waals surface area contributed by atoms with E-state index in [1.54, 1.807) is 0 Å². The number of halogens is 1. The molecule has 3 nitrogen and oxygen atoms in total. The molecule has 0 aromatic heterocycles. The van der Waals surface area contributed by atoms with Crippen LogP contribution in [0.1, 0.15) is 23.7 Å². The Morgan fingerprint density at radius 3 is 2.76 bits per heavy atom. The number of carbonyl (C=O) groups excluding carboxylic acids is 1. The van der Waals surface area contributed by atoms with Gasteiger partial charge < -0.3 is 10.0 Å². The van der Waals surface area contributed by atoms with Gasteiger partial charge in [-0.05, 0) is 47.4 Å². The number of amides is 1. The summed E-state index contributed by atoms with van der Waals surface area (Å²) in [7, 11) is 0. The summed E-state index contributed by atoms with van der Waals surface area (Å²) in [4.78, 5) is 14.5. The van der Waals surface area contributed by atoms with Gasteiger partial charge in [-0.25, -0.2) is 0 Å². The maximum Gasteiger partial charge on any atom is 0.254 e. The molecule has 0 bridgehead atoms. The fourth-order valence-electron chi connectivity index (χ4n) is 3.05. The largest absolute Gasteiger partial charge is 0.394 e. The second-order valence-corrected chi connectivity index (χ2v) is 6.64. The molecule has 1 amide bonds. The monoisotopic (exact) mass is 347 g/mol. The summed E-state index contributed by atoms with van der Waals surface area (Å²) in [6.07, 6.45) is 0.956. The van der Waals surface area contributed by atoms with Gasteiger partial charge in [-0.2, -0.15) is 0 Å². The van der Waals surface area contributed by atoms with E-state index in [0.29, 0.717) is 11.5 Å². The van der Waals surface area contributed by atoms with E-state index in [9.17, 15) is 9.90 Å². The minimum absolute atomic E-state index is 0.0169. The third-order valence-electron chi connectivity index (χ3n) is 4.38. The number of fused-ring (bicyclic) bond motifs is 1. The van der Waals surface area contributed by atoms with Gasteiger partial charge in [0.1, 0.15) is 0 Å². The smallest absolute Gasteiger partial charge is 0.254 e. The second kappa shape index (κ2) is 5.78. The average Bonchev–Trinajstić information content (AvgIpc) is 2.86. The maximum atomic E-state index is 12.7. The van der Waals surface area contributed by atoms with Gasteiger partial charge >= 0.3 is 0 Å². The minimum Gasteiger partial charge on any atom is -0.394 e. The van der Waals surface area contributed by atoms with Crippen LogP contribution in [0.5, 0.6) is 0 Å². The first kappa shape index (κ1) is 14.5. The Hall–Kier alpha value is -1.39. The molecule has 1 aliphatic rings. The van der Waals surface area contributed by atoms with Gasteiger partial charge in [-0.1, -0.05) is 35.0 Å². The van der Waals surface area contributed by atoms with Crippen LogP contribution in [-0.2, 0) is 0 Å². The van der Waals surface area contributed by atoms with Crippen LogP contribution in [0, 0.1) is 5.92 Å². The first-order chi connectivity index (χ1) is 10.1. The molecular formula is C17H18BrNO2. The molecule has 21 heavy (non-hydrogen) atoms. The lowest BCUT2D eigenvalue weighted by atomic mass is 10.0. The third-order valence-corrected chi connectivity index (χ3v) is 4.87. The van der Waals surface area contributed by atoms with Crippen LogP contribution in [0.2, 0.25) is 0 Å².